The Labute approximate surface area is 131 Å². The van der Waals surface area contributed by atoms with Gasteiger partial charge in [0.2, 0.25) is 0 Å². The second-order valence-corrected chi connectivity index (χ2v) is 6.19. The highest BCUT2D eigenvalue weighted by atomic mass is 32.2. The molecule has 5 heteroatoms. The smallest absolute Gasteiger partial charge is 0.191 e. The maximum atomic E-state index is 5.92. The molecule has 2 rings (SSSR count). The number of rotatable bonds is 8. The van der Waals surface area contributed by atoms with E-state index < -0.39 is 0 Å². The monoisotopic (exact) mass is 307 g/mol. The van der Waals surface area contributed by atoms with Crippen LogP contribution in [0.3, 0.4) is 0 Å². The van der Waals surface area contributed by atoms with Crippen molar-refractivity contribution in [3.05, 3.63) is 29.8 Å². The van der Waals surface area contributed by atoms with Gasteiger partial charge in [-0.2, -0.15) is 11.8 Å². The van der Waals surface area contributed by atoms with Gasteiger partial charge in [0.1, 0.15) is 5.75 Å². The Balaban J connectivity index is 1.83. The molecule has 0 atom stereocenters. The van der Waals surface area contributed by atoms with Gasteiger partial charge in [0.25, 0.3) is 0 Å². The van der Waals surface area contributed by atoms with E-state index in [2.05, 4.69) is 27.9 Å². The predicted octanol–water partition coefficient (Wildman–Crippen LogP) is 2.50. The van der Waals surface area contributed by atoms with Crippen LogP contribution in [-0.2, 0) is 6.54 Å². The minimum atomic E-state index is 0.722. The largest absolute Gasteiger partial charge is 0.493 e. The van der Waals surface area contributed by atoms with E-state index >= 15 is 0 Å². The normalized spacial score (nSPS) is 14.9. The van der Waals surface area contributed by atoms with Crippen molar-refractivity contribution in [2.75, 3.05) is 32.2 Å². The SMILES string of the molecule is CN=C(NCCSC)NCc1ccccc1OCC1CC1. The minimum absolute atomic E-state index is 0.722. The Morgan fingerprint density at radius 2 is 2.14 bits per heavy atom. The van der Waals surface area contributed by atoms with Gasteiger partial charge in [-0.25, -0.2) is 0 Å². The number of benzene rings is 1. The van der Waals surface area contributed by atoms with Crippen LogP contribution in [0.25, 0.3) is 0 Å². The molecule has 0 spiro atoms. The Bertz CT molecular complexity index is 461. The lowest BCUT2D eigenvalue weighted by molar-refractivity contribution is 0.296. The average Bonchev–Trinajstić information content (AvgIpc) is 3.34. The van der Waals surface area contributed by atoms with E-state index in [9.17, 15) is 0 Å². The number of guanidine groups is 1. The Morgan fingerprint density at radius 1 is 1.33 bits per heavy atom. The molecule has 21 heavy (non-hydrogen) atoms. The summed E-state index contributed by atoms with van der Waals surface area (Å²) in [6.07, 6.45) is 4.73. The van der Waals surface area contributed by atoms with E-state index in [1.54, 1.807) is 7.05 Å². The summed E-state index contributed by atoms with van der Waals surface area (Å²) in [4.78, 5) is 4.23. The molecule has 0 bridgehead atoms. The molecule has 0 unspecified atom stereocenters. The molecule has 4 nitrogen and oxygen atoms in total. The third kappa shape index (κ3) is 5.87. The van der Waals surface area contributed by atoms with Crippen molar-refractivity contribution in [2.45, 2.75) is 19.4 Å². The van der Waals surface area contributed by atoms with E-state index in [4.69, 9.17) is 4.74 Å². The van der Waals surface area contributed by atoms with Crippen LogP contribution < -0.4 is 15.4 Å². The fourth-order valence-electron chi connectivity index (χ4n) is 1.95. The molecule has 1 aromatic carbocycles. The van der Waals surface area contributed by atoms with Gasteiger partial charge in [0.05, 0.1) is 6.61 Å². The molecule has 0 aromatic heterocycles. The summed E-state index contributed by atoms with van der Waals surface area (Å²) in [6, 6.07) is 8.22. The van der Waals surface area contributed by atoms with Crippen LogP contribution in [0.2, 0.25) is 0 Å². The number of thioether (sulfide) groups is 1. The molecule has 1 aliphatic carbocycles. The Morgan fingerprint density at radius 3 is 2.86 bits per heavy atom. The van der Waals surface area contributed by atoms with Crippen LogP contribution in [0.4, 0.5) is 0 Å². The molecule has 0 amide bonds. The minimum Gasteiger partial charge on any atom is -0.493 e. The van der Waals surface area contributed by atoms with E-state index in [1.807, 2.05) is 30.0 Å². The first-order valence-electron chi connectivity index (χ1n) is 7.47. The molecule has 0 heterocycles. The van der Waals surface area contributed by atoms with Gasteiger partial charge in [0, 0.05) is 31.5 Å². The van der Waals surface area contributed by atoms with Crippen LogP contribution in [0, 0.1) is 5.92 Å². The second-order valence-electron chi connectivity index (χ2n) is 5.21. The summed E-state index contributed by atoms with van der Waals surface area (Å²) in [6.45, 7) is 2.48. The zero-order valence-corrected chi connectivity index (χ0v) is 13.7. The summed E-state index contributed by atoms with van der Waals surface area (Å²) in [7, 11) is 1.80. The maximum Gasteiger partial charge on any atom is 0.191 e. The lowest BCUT2D eigenvalue weighted by Crippen LogP contribution is -2.38. The van der Waals surface area contributed by atoms with Crippen LogP contribution in [0.15, 0.2) is 29.3 Å². The highest BCUT2D eigenvalue weighted by molar-refractivity contribution is 7.98. The van der Waals surface area contributed by atoms with Gasteiger partial charge in [0.15, 0.2) is 5.96 Å². The first-order valence-corrected chi connectivity index (χ1v) is 8.87. The molecule has 1 aromatic rings. The van der Waals surface area contributed by atoms with E-state index in [-0.39, 0.29) is 0 Å². The Hall–Kier alpha value is -1.36. The zero-order chi connectivity index (χ0) is 14.9. The quantitative estimate of drug-likeness (QED) is 0.440. The number of aliphatic imine (C=N–C) groups is 1. The number of nitrogens with zero attached hydrogens (tertiary/aromatic N) is 1. The summed E-state index contributed by atoms with van der Waals surface area (Å²) >= 11 is 1.82. The van der Waals surface area contributed by atoms with Crippen LogP contribution >= 0.6 is 11.8 Å². The third-order valence-electron chi connectivity index (χ3n) is 3.41. The van der Waals surface area contributed by atoms with Gasteiger partial charge in [-0.3, -0.25) is 4.99 Å². The molecule has 1 fully saturated rings. The number of para-hydroxylation sites is 1. The zero-order valence-electron chi connectivity index (χ0n) is 12.9. The molecule has 1 saturated carbocycles. The van der Waals surface area contributed by atoms with Crippen molar-refractivity contribution in [1.29, 1.82) is 0 Å². The molecule has 0 aliphatic heterocycles. The van der Waals surface area contributed by atoms with Crippen molar-refractivity contribution in [3.63, 3.8) is 0 Å². The second kappa shape index (κ2) is 8.82. The van der Waals surface area contributed by atoms with Crippen molar-refractivity contribution >= 4 is 17.7 Å². The molecular weight excluding hydrogens is 282 g/mol. The molecule has 1 aliphatic rings. The molecule has 0 saturated heterocycles. The van der Waals surface area contributed by atoms with E-state index in [0.717, 1.165) is 43.1 Å². The standard InChI is InChI=1S/C16H25N3OS/c1-17-16(18-9-10-21-2)19-11-14-5-3-4-6-15(14)20-12-13-7-8-13/h3-6,13H,7-12H2,1-2H3,(H2,17,18,19). The van der Waals surface area contributed by atoms with Crippen molar-refractivity contribution in [3.8, 4) is 5.75 Å². The van der Waals surface area contributed by atoms with E-state index in [0.29, 0.717) is 0 Å². The lowest BCUT2D eigenvalue weighted by atomic mass is 10.2. The first kappa shape index (κ1) is 16.0. The van der Waals surface area contributed by atoms with Crippen LogP contribution in [0.1, 0.15) is 18.4 Å². The van der Waals surface area contributed by atoms with E-state index in [1.165, 1.54) is 18.4 Å². The maximum absolute atomic E-state index is 5.92. The highest BCUT2D eigenvalue weighted by Gasteiger charge is 2.22. The fourth-order valence-corrected chi connectivity index (χ4v) is 2.26. The van der Waals surface area contributed by atoms with Crippen LogP contribution in [-0.4, -0.2) is 38.2 Å². The molecular formula is C16H25N3OS. The summed E-state index contributed by atoms with van der Waals surface area (Å²) < 4.78 is 5.92. The predicted molar refractivity (Wildman–Crippen MR) is 91.2 cm³/mol. The first-order chi connectivity index (χ1) is 10.3. The van der Waals surface area contributed by atoms with Gasteiger partial charge >= 0.3 is 0 Å². The lowest BCUT2D eigenvalue weighted by Gasteiger charge is -2.14. The number of hydrogen-bond donors (Lipinski definition) is 2. The number of ether oxygens (including phenoxy) is 1. The molecule has 2 N–H and O–H groups in total. The summed E-state index contributed by atoms with van der Waals surface area (Å²) in [5, 5.41) is 6.64. The van der Waals surface area contributed by atoms with Gasteiger partial charge < -0.3 is 15.4 Å². The van der Waals surface area contributed by atoms with Crippen molar-refractivity contribution in [2.24, 2.45) is 10.9 Å². The number of hydrogen-bond acceptors (Lipinski definition) is 3. The van der Waals surface area contributed by atoms with Crippen molar-refractivity contribution < 1.29 is 4.74 Å². The van der Waals surface area contributed by atoms with Gasteiger partial charge in [-0.15, -0.1) is 0 Å². The molecule has 0 radical (unpaired) electrons. The van der Waals surface area contributed by atoms with Gasteiger partial charge in [-0.1, -0.05) is 18.2 Å². The summed E-state index contributed by atoms with van der Waals surface area (Å²) in [5.74, 6) is 3.66. The third-order valence-corrected chi connectivity index (χ3v) is 4.02. The highest BCUT2D eigenvalue weighted by Crippen LogP contribution is 2.30. The average molecular weight is 307 g/mol. The van der Waals surface area contributed by atoms with Crippen molar-refractivity contribution in [1.82, 2.24) is 10.6 Å². The topological polar surface area (TPSA) is 45.7 Å². The fraction of sp³-hybridized carbons (Fsp3) is 0.562. The van der Waals surface area contributed by atoms with Gasteiger partial charge in [-0.05, 0) is 31.1 Å². The number of nitrogens with one attached hydrogen (secondary N) is 2. The summed E-state index contributed by atoms with van der Waals surface area (Å²) in [5.41, 5.74) is 1.17. The van der Waals surface area contributed by atoms with Crippen LogP contribution in [0.5, 0.6) is 5.75 Å². The molecule has 116 valence electrons. The Kier molecular flexibility index (Phi) is 6.73.